The molecule has 0 saturated heterocycles. The fraction of sp³-hybridized carbons (Fsp3) is 0. The predicted octanol–water partition coefficient (Wildman–Crippen LogP) is 17.0. The largest absolute Gasteiger partial charge is 0.456 e. The van der Waals surface area contributed by atoms with Crippen molar-refractivity contribution < 1.29 is 4.42 Å². The van der Waals surface area contributed by atoms with Gasteiger partial charge in [-0.1, -0.05) is 133 Å². The van der Waals surface area contributed by atoms with Crippen molar-refractivity contribution in [2.45, 2.75) is 0 Å². The average molecular weight is 809 g/mol. The van der Waals surface area contributed by atoms with Crippen LogP contribution in [-0.2, 0) is 0 Å². The highest BCUT2D eigenvalue weighted by Gasteiger charge is 2.19. The van der Waals surface area contributed by atoms with Gasteiger partial charge in [-0.25, -0.2) is 0 Å². The van der Waals surface area contributed by atoms with Gasteiger partial charge in [0.05, 0.1) is 11.0 Å². The van der Waals surface area contributed by atoms with Gasteiger partial charge >= 0.3 is 0 Å². The van der Waals surface area contributed by atoms with Gasteiger partial charge in [0.1, 0.15) is 11.2 Å². The Morgan fingerprint density at radius 3 is 1.74 bits per heavy atom. The van der Waals surface area contributed by atoms with E-state index in [1.807, 2.05) is 23.5 Å². The summed E-state index contributed by atoms with van der Waals surface area (Å²) in [5.41, 5.74) is 13.2. The fourth-order valence-corrected chi connectivity index (χ4v) is 10.7. The van der Waals surface area contributed by atoms with Gasteiger partial charge in [0, 0.05) is 75.9 Å². The van der Waals surface area contributed by atoms with Gasteiger partial charge in [-0.05, 0) is 107 Å². The number of aromatic nitrogens is 1. The molecule has 13 rings (SSSR count). The molecule has 3 nitrogen and oxygen atoms in total. The summed E-state index contributed by atoms with van der Waals surface area (Å²) in [7, 11) is 0. The van der Waals surface area contributed by atoms with E-state index in [2.05, 4.69) is 216 Å². The van der Waals surface area contributed by atoms with Crippen LogP contribution in [-0.4, -0.2) is 4.57 Å². The highest BCUT2D eigenvalue weighted by Crippen LogP contribution is 2.43. The Bertz CT molecular complexity index is 3860. The van der Waals surface area contributed by atoms with E-state index in [4.69, 9.17) is 4.42 Å². The van der Waals surface area contributed by atoms with Crippen LogP contribution < -0.4 is 4.90 Å². The Kier molecular flexibility index (Phi) is 7.78. The summed E-state index contributed by atoms with van der Waals surface area (Å²) in [6, 6.07) is 79.2. The summed E-state index contributed by atoms with van der Waals surface area (Å²) in [5.74, 6) is 0. The minimum Gasteiger partial charge on any atom is -0.456 e. The van der Waals surface area contributed by atoms with Crippen LogP contribution in [0.25, 0.3) is 103 Å². The molecule has 0 aliphatic heterocycles. The molecule has 3 heterocycles. The van der Waals surface area contributed by atoms with Crippen molar-refractivity contribution in [1.29, 1.82) is 0 Å². The van der Waals surface area contributed by atoms with Gasteiger partial charge in [0.15, 0.2) is 0 Å². The summed E-state index contributed by atoms with van der Waals surface area (Å²) < 4.78 is 11.5. The molecule has 290 valence electrons. The second-order valence-corrected chi connectivity index (χ2v) is 17.2. The predicted molar refractivity (Wildman–Crippen MR) is 264 cm³/mol. The average Bonchev–Trinajstić information content (AvgIpc) is 4.01. The van der Waals surface area contributed by atoms with E-state index in [0.717, 1.165) is 50.3 Å². The molecular weight excluding hydrogens is 773 g/mol. The van der Waals surface area contributed by atoms with Crippen LogP contribution in [0.3, 0.4) is 0 Å². The van der Waals surface area contributed by atoms with Crippen LogP contribution in [0.4, 0.5) is 17.1 Å². The molecule has 10 aromatic carbocycles. The molecule has 0 bridgehead atoms. The van der Waals surface area contributed by atoms with E-state index in [0.29, 0.717) is 0 Å². The molecule has 0 amide bonds. The van der Waals surface area contributed by atoms with Crippen LogP contribution in [0.2, 0.25) is 0 Å². The first kappa shape index (κ1) is 34.9. The number of hydrogen-bond donors (Lipinski definition) is 0. The summed E-state index contributed by atoms with van der Waals surface area (Å²) in [6.45, 7) is 0. The van der Waals surface area contributed by atoms with E-state index < -0.39 is 0 Å². The minimum absolute atomic E-state index is 0.869. The van der Waals surface area contributed by atoms with Gasteiger partial charge in [0.25, 0.3) is 0 Å². The Balaban J connectivity index is 0.923. The van der Waals surface area contributed by atoms with Crippen LogP contribution in [0.1, 0.15) is 0 Å². The third kappa shape index (κ3) is 5.51. The van der Waals surface area contributed by atoms with E-state index in [-0.39, 0.29) is 0 Å². The third-order valence-corrected chi connectivity index (χ3v) is 13.7. The van der Waals surface area contributed by atoms with Gasteiger partial charge in [0.2, 0.25) is 0 Å². The maximum absolute atomic E-state index is 6.42. The molecule has 4 heteroatoms. The van der Waals surface area contributed by atoms with Crippen LogP contribution in [0.15, 0.2) is 223 Å². The highest BCUT2D eigenvalue weighted by molar-refractivity contribution is 7.25. The number of hydrogen-bond acceptors (Lipinski definition) is 3. The molecule has 0 atom stereocenters. The molecule has 13 aromatic rings. The van der Waals surface area contributed by atoms with Crippen molar-refractivity contribution >= 4 is 103 Å². The first-order valence-corrected chi connectivity index (χ1v) is 21.9. The smallest absolute Gasteiger partial charge is 0.137 e. The summed E-state index contributed by atoms with van der Waals surface area (Å²) >= 11 is 1.85. The van der Waals surface area contributed by atoms with Crippen molar-refractivity contribution in [2.75, 3.05) is 4.90 Å². The zero-order valence-electron chi connectivity index (χ0n) is 33.5. The molecular formula is C58H36N2OS. The first-order chi connectivity index (χ1) is 30.7. The highest BCUT2D eigenvalue weighted by atomic mass is 32.1. The van der Waals surface area contributed by atoms with Crippen molar-refractivity contribution in [3.63, 3.8) is 0 Å². The molecule has 0 aliphatic rings. The molecule has 0 N–H and O–H groups in total. The second-order valence-electron chi connectivity index (χ2n) is 16.1. The lowest BCUT2D eigenvalue weighted by molar-refractivity contribution is 0.669. The van der Waals surface area contributed by atoms with Gasteiger partial charge in [-0.15, -0.1) is 11.3 Å². The van der Waals surface area contributed by atoms with Crippen molar-refractivity contribution in [1.82, 2.24) is 4.57 Å². The number of rotatable bonds is 6. The third-order valence-electron chi connectivity index (χ3n) is 12.6. The maximum atomic E-state index is 6.42. The number of nitrogens with zero attached hydrogens (tertiary/aromatic N) is 2. The number of anilines is 3. The minimum atomic E-state index is 0.869. The summed E-state index contributed by atoms with van der Waals surface area (Å²) in [6.07, 6.45) is 0. The van der Waals surface area contributed by atoms with Crippen molar-refractivity contribution in [3.8, 4) is 27.9 Å². The summed E-state index contributed by atoms with van der Waals surface area (Å²) in [5, 5.41) is 9.85. The quantitative estimate of drug-likeness (QED) is 0.167. The monoisotopic (exact) mass is 808 g/mol. The first-order valence-electron chi connectivity index (χ1n) is 21.1. The molecule has 0 radical (unpaired) electrons. The molecule has 62 heavy (non-hydrogen) atoms. The standard InChI is InChI=1S/C58H36N2OS/c1-2-11-42(12-3-1)60-53-35-41(23-30-47(53)51-31-22-39-10-4-5-13-46(39)58(51)60)38-20-27-44(28-21-38)59(45-29-32-49-48-14-6-8-16-54(48)61-55(49)36-45)43-25-18-37(19-26-43)40-24-33-57-52(34-40)50-15-7-9-17-56(50)62-57/h1-36H. The number of thiophene rings is 1. The number of para-hydroxylation sites is 2. The normalized spacial score (nSPS) is 11.9. The van der Waals surface area contributed by atoms with Crippen molar-refractivity contribution in [2.24, 2.45) is 0 Å². The number of fused-ring (bicyclic) bond motifs is 11. The number of furan rings is 1. The van der Waals surface area contributed by atoms with Crippen molar-refractivity contribution in [3.05, 3.63) is 218 Å². The molecule has 0 fully saturated rings. The Hall–Kier alpha value is -7.92. The SMILES string of the molecule is c1ccc(-n2c3cc(-c4ccc(N(c5ccc(-c6ccc7sc8ccccc8c7c6)cc5)c5ccc6c(c5)oc5ccccc56)cc4)ccc3c3ccc4ccccc4c32)cc1. The van der Waals surface area contributed by atoms with E-state index in [1.165, 1.54) is 69.4 Å². The fourth-order valence-electron chi connectivity index (χ4n) is 9.62. The topological polar surface area (TPSA) is 21.3 Å². The van der Waals surface area contributed by atoms with E-state index in [9.17, 15) is 0 Å². The van der Waals surface area contributed by atoms with Gasteiger partial charge in [-0.2, -0.15) is 0 Å². The molecule has 3 aromatic heterocycles. The Morgan fingerprint density at radius 2 is 0.935 bits per heavy atom. The van der Waals surface area contributed by atoms with Crippen LogP contribution in [0.5, 0.6) is 0 Å². The zero-order chi connectivity index (χ0) is 40.7. The lowest BCUT2D eigenvalue weighted by Gasteiger charge is -2.26. The zero-order valence-corrected chi connectivity index (χ0v) is 34.3. The number of benzene rings is 10. The molecule has 0 spiro atoms. The Morgan fingerprint density at radius 1 is 0.355 bits per heavy atom. The maximum Gasteiger partial charge on any atom is 0.137 e. The Labute approximate surface area is 361 Å². The van der Waals surface area contributed by atoms with E-state index in [1.54, 1.807) is 0 Å². The molecule has 0 unspecified atom stereocenters. The van der Waals surface area contributed by atoms with Gasteiger partial charge < -0.3 is 13.9 Å². The van der Waals surface area contributed by atoms with Gasteiger partial charge in [-0.3, -0.25) is 0 Å². The van der Waals surface area contributed by atoms with Crippen LogP contribution >= 0.6 is 11.3 Å². The van der Waals surface area contributed by atoms with Crippen LogP contribution in [0, 0.1) is 0 Å². The molecule has 0 aliphatic carbocycles. The van der Waals surface area contributed by atoms with E-state index >= 15 is 0 Å². The summed E-state index contributed by atoms with van der Waals surface area (Å²) in [4.78, 5) is 2.33. The second kappa shape index (κ2) is 13.8. The lowest BCUT2D eigenvalue weighted by atomic mass is 10.0. The molecule has 0 saturated carbocycles. The lowest BCUT2D eigenvalue weighted by Crippen LogP contribution is -2.09.